The van der Waals surface area contributed by atoms with Crippen LogP contribution in [0.3, 0.4) is 0 Å². The molecule has 0 aliphatic carbocycles. The third-order valence-electron chi connectivity index (χ3n) is 5.93. The van der Waals surface area contributed by atoms with E-state index in [1.165, 1.54) is 4.88 Å². The molecule has 2 aliphatic heterocycles. The minimum absolute atomic E-state index is 0.165. The number of carbonyl (C=O) groups excluding carboxylic acids is 1. The number of amides is 1. The van der Waals surface area contributed by atoms with Crippen LogP contribution in [0.4, 0.5) is 5.69 Å². The van der Waals surface area contributed by atoms with Crippen molar-refractivity contribution in [2.75, 3.05) is 37.7 Å². The van der Waals surface area contributed by atoms with Crippen molar-refractivity contribution >= 4 is 33.1 Å². The van der Waals surface area contributed by atoms with Crippen LogP contribution in [-0.2, 0) is 16.1 Å². The summed E-state index contributed by atoms with van der Waals surface area (Å²) in [5.74, 6) is 2.19. The lowest BCUT2D eigenvalue weighted by Crippen LogP contribution is -2.36. The molecule has 3 aromatic rings. The van der Waals surface area contributed by atoms with Gasteiger partial charge < -0.3 is 14.4 Å². The van der Waals surface area contributed by atoms with Gasteiger partial charge in [0.25, 0.3) is 0 Å². The van der Waals surface area contributed by atoms with Crippen molar-refractivity contribution in [2.24, 2.45) is 0 Å². The number of hydrogen-bond donors (Lipinski definition) is 0. The monoisotopic (exact) mass is 438 g/mol. The van der Waals surface area contributed by atoms with Crippen molar-refractivity contribution in [3.8, 4) is 11.6 Å². The first-order chi connectivity index (χ1) is 15.1. The van der Waals surface area contributed by atoms with Gasteiger partial charge in [0.2, 0.25) is 11.8 Å². The molecular weight excluding hydrogens is 412 g/mol. The van der Waals surface area contributed by atoms with Gasteiger partial charge in [0, 0.05) is 42.7 Å². The lowest BCUT2D eigenvalue weighted by molar-refractivity contribution is -0.117. The van der Waals surface area contributed by atoms with Crippen LogP contribution in [0, 0.1) is 13.8 Å². The Morgan fingerprint density at radius 3 is 2.77 bits per heavy atom. The number of nitrogens with zero attached hydrogens (tertiary/aromatic N) is 4. The Morgan fingerprint density at radius 2 is 2.00 bits per heavy atom. The van der Waals surface area contributed by atoms with E-state index >= 15 is 0 Å². The molecule has 5 rings (SSSR count). The number of ether oxygens (including phenoxy) is 2. The molecule has 7 nitrogen and oxygen atoms in total. The zero-order valence-corrected chi connectivity index (χ0v) is 18.7. The second kappa shape index (κ2) is 8.53. The van der Waals surface area contributed by atoms with E-state index in [1.807, 2.05) is 29.2 Å². The number of aromatic nitrogens is 2. The highest BCUT2D eigenvalue weighted by Crippen LogP contribution is 2.37. The molecule has 4 heterocycles. The minimum atomic E-state index is 0.165. The maximum absolute atomic E-state index is 12.2. The van der Waals surface area contributed by atoms with Gasteiger partial charge in [-0.25, -0.2) is 4.98 Å². The summed E-state index contributed by atoms with van der Waals surface area (Å²) in [6.45, 7) is 8.87. The quantitative estimate of drug-likeness (QED) is 0.598. The first-order valence-electron chi connectivity index (χ1n) is 10.7. The standard InChI is InChI=1S/C23H26N4O3S/c1-15-16(2)31-23-21(15)22(24-19(25-23)14-26-9-11-29-12-10-26)30-18-6-3-5-17(13-18)27-8-4-7-20(27)28/h3,5-6,13H,4,7-12,14H2,1-2H3. The molecular formula is C23H26N4O3S. The van der Waals surface area contributed by atoms with Crippen molar-refractivity contribution in [3.63, 3.8) is 0 Å². The Bertz CT molecular complexity index is 1120. The predicted molar refractivity (Wildman–Crippen MR) is 121 cm³/mol. The predicted octanol–water partition coefficient (Wildman–Crippen LogP) is 4.06. The lowest BCUT2D eigenvalue weighted by atomic mass is 10.2. The highest BCUT2D eigenvalue weighted by molar-refractivity contribution is 7.18. The van der Waals surface area contributed by atoms with Crippen LogP contribution in [0.1, 0.15) is 29.1 Å². The number of morpholine rings is 1. The molecule has 2 fully saturated rings. The van der Waals surface area contributed by atoms with Gasteiger partial charge in [-0.15, -0.1) is 11.3 Å². The van der Waals surface area contributed by atoms with Gasteiger partial charge in [-0.1, -0.05) is 6.07 Å². The second-order valence-electron chi connectivity index (χ2n) is 8.05. The van der Waals surface area contributed by atoms with Gasteiger partial charge in [-0.3, -0.25) is 9.69 Å². The summed E-state index contributed by atoms with van der Waals surface area (Å²) in [5, 5.41) is 0.968. The molecule has 0 atom stereocenters. The van der Waals surface area contributed by atoms with Crippen LogP contribution in [0.2, 0.25) is 0 Å². The summed E-state index contributed by atoms with van der Waals surface area (Å²) in [6, 6.07) is 7.71. The smallest absolute Gasteiger partial charge is 0.231 e. The maximum Gasteiger partial charge on any atom is 0.231 e. The van der Waals surface area contributed by atoms with Crippen LogP contribution in [0.15, 0.2) is 24.3 Å². The maximum atomic E-state index is 12.2. The largest absolute Gasteiger partial charge is 0.438 e. The fourth-order valence-electron chi connectivity index (χ4n) is 4.11. The highest BCUT2D eigenvalue weighted by Gasteiger charge is 2.23. The van der Waals surface area contributed by atoms with Crippen molar-refractivity contribution in [2.45, 2.75) is 33.2 Å². The molecule has 31 heavy (non-hydrogen) atoms. The summed E-state index contributed by atoms with van der Waals surface area (Å²) in [7, 11) is 0. The van der Waals surface area contributed by atoms with E-state index in [0.717, 1.165) is 66.6 Å². The Balaban J connectivity index is 1.48. The van der Waals surface area contributed by atoms with E-state index in [4.69, 9.17) is 19.4 Å². The van der Waals surface area contributed by atoms with Gasteiger partial charge in [-0.2, -0.15) is 4.98 Å². The molecule has 2 saturated heterocycles. The number of rotatable bonds is 5. The van der Waals surface area contributed by atoms with Gasteiger partial charge in [-0.05, 0) is 38.0 Å². The molecule has 0 spiro atoms. The number of benzene rings is 1. The molecule has 1 aromatic carbocycles. The molecule has 2 aromatic heterocycles. The SMILES string of the molecule is Cc1sc2nc(CN3CCOCC3)nc(Oc3cccc(N4CCCC4=O)c3)c2c1C. The van der Waals surface area contributed by atoms with E-state index in [9.17, 15) is 4.79 Å². The van der Waals surface area contributed by atoms with E-state index in [0.29, 0.717) is 24.6 Å². The number of thiophene rings is 1. The van der Waals surface area contributed by atoms with Crippen LogP contribution in [0.25, 0.3) is 10.2 Å². The average molecular weight is 439 g/mol. The lowest BCUT2D eigenvalue weighted by Gasteiger charge is -2.25. The van der Waals surface area contributed by atoms with Crippen molar-refractivity contribution in [3.05, 3.63) is 40.5 Å². The van der Waals surface area contributed by atoms with Crippen molar-refractivity contribution in [1.29, 1.82) is 0 Å². The molecule has 0 saturated carbocycles. The van der Waals surface area contributed by atoms with E-state index in [-0.39, 0.29) is 5.91 Å². The third kappa shape index (κ3) is 4.15. The zero-order valence-electron chi connectivity index (χ0n) is 17.9. The van der Waals surface area contributed by atoms with Gasteiger partial charge in [0.15, 0.2) is 0 Å². The number of hydrogen-bond acceptors (Lipinski definition) is 7. The highest BCUT2D eigenvalue weighted by atomic mass is 32.1. The Morgan fingerprint density at radius 1 is 1.16 bits per heavy atom. The Labute approximate surface area is 185 Å². The normalized spacial score (nSPS) is 17.6. The fourth-order valence-corrected chi connectivity index (χ4v) is 5.15. The van der Waals surface area contributed by atoms with E-state index < -0.39 is 0 Å². The summed E-state index contributed by atoms with van der Waals surface area (Å²) in [5.41, 5.74) is 2.02. The topological polar surface area (TPSA) is 67.8 Å². The molecule has 8 heteroatoms. The number of carbonyl (C=O) groups is 1. The molecule has 0 bridgehead atoms. The summed E-state index contributed by atoms with van der Waals surface area (Å²) in [4.78, 5) is 28.1. The summed E-state index contributed by atoms with van der Waals surface area (Å²) >= 11 is 1.68. The number of aryl methyl sites for hydroxylation is 2. The average Bonchev–Trinajstić information content (AvgIpc) is 3.32. The zero-order chi connectivity index (χ0) is 21.4. The summed E-state index contributed by atoms with van der Waals surface area (Å²) in [6.07, 6.45) is 1.50. The van der Waals surface area contributed by atoms with Crippen molar-refractivity contribution in [1.82, 2.24) is 14.9 Å². The van der Waals surface area contributed by atoms with Gasteiger partial charge in [0.1, 0.15) is 16.4 Å². The van der Waals surface area contributed by atoms with Gasteiger partial charge >= 0.3 is 0 Å². The molecule has 0 N–H and O–H groups in total. The molecule has 2 aliphatic rings. The molecule has 162 valence electrons. The fraction of sp³-hybridized carbons (Fsp3) is 0.435. The molecule has 0 unspecified atom stereocenters. The van der Waals surface area contributed by atoms with Crippen molar-refractivity contribution < 1.29 is 14.3 Å². The van der Waals surface area contributed by atoms with Crippen LogP contribution in [-0.4, -0.2) is 53.6 Å². The van der Waals surface area contributed by atoms with Crippen LogP contribution < -0.4 is 9.64 Å². The summed E-state index contributed by atoms with van der Waals surface area (Å²) < 4.78 is 11.8. The van der Waals surface area contributed by atoms with Crippen LogP contribution in [0.5, 0.6) is 11.6 Å². The first-order valence-corrected chi connectivity index (χ1v) is 11.5. The number of fused-ring (bicyclic) bond motifs is 1. The minimum Gasteiger partial charge on any atom is -0.438 e. The molecule has 1 amide bonds. The second-order valence-corrected chi connectivity index (χ2v) is 9.25. The third-order valence-corrected chi connectivity index (χ3v) is 7.03. The van der Waals surface area contributed by atoms with E-state index in [2.05, 4.69) is 18.7 Å². The number of anilines is 1. The Hall–Kier alpha value is -2.55. The molecule has 0 radical (unpaired) electrons. The first kappa shape index (κ1) is 20.4. The van der Waals surface area contributed by atoms with Crippen LogP contribution >= 0.6 is 11.3 Å². The Kier molecular flexibility index (Phi) is 5.60. The van der Waals surface area contributed by atoms with E-state index in [1.54, 1.807) is 11.3 Å². The van der Waals surface area contributed by atoms with Gasteiger partial charge in [0.05, 0.1) is 25.1 Å².